The summed E-state index contributed by atoms with van der Waals surface area (Å²) in [6, 6.07) is -5.79. The monoisotopic (exact) mass is 542 g/mol. The van der Waals surface area contributed by atoms with Gasteiger partial charge in [-0.1, -0.05) is 0 Å². The van der Waals surface area contributed by atoms with Crippen molar-refractivity contribution in [2.24, 2.45) is 5.73 Å². The first-order valence-electron chi connectivity index (χ1n) is 12.8. The fraction of sp³-hybridized carbons (Fsp3) is 0.739. The molecule has 2 rings (SSSR count). The zero-order chi connectivity index (χ0) is 28.2. The van der Waals surface area contributed by atoms with E-state index in [-0.39, 0.29) is 19.4 Å². The number of amides is 4. The molecule has 2 aliphatic heterocycles. The normalized spacial score (nSPS) is 21.3. The van der Waals surface area contributed by atoms with Crippen molar-refractivity contribution in [2.45, 2.75) is 81.6 Å². The maximum absolute atomic E-state index is 13.2. The van der Waals surface area contributed by atoms with Crippen molar-refractivity contribution in [1.29, 1.82) is 0 Å². The number of unbranched alkanes of at least 4 members (excludes halogenated alkanes) is 1. The summed E-state index contributed by atoms with van der Waals surface area (Å²) in [6.45, 7) is 0.364. The Kier molecular flexibility index (Phi) is 12.4. The van der Waals surface area contributed by atoms with Gasteiger partial charge >= 0.3 is 11.9 Å². The second-order valence-corrected chi connectivity index (χ2v) is 9.43. The second-order valence-electron chi connectivity index (χ2n) is 9.43. The van der Waals surface area contributed by atoms with Gasteiger partial charge in [0, 0.05) is 6.54 Å². The highest BCUT2D eigenvalue weighted by molar-refractivity contribution is 5.97. The molecule has 0 spiro atoms. The predicted molar refractivity (Wildman–Crippen MR) is 131 cm³/mol. The number of nitrogens with one attached hydrogen (secondary N) is 4. The minimum atomic E-state index is -1.63. The molecule has 2 aliphatic rings. The first-order valence-corrected chi connectivity index (χ1v) is 12.8. The van der Waals surface area contributed by atoms with Crippen LogP contribution in [0.1, 0.15) is 51.4 Å². The molecule has 38 heavy (non-hydrogen) atoms. The Bertz CT molecular complexity index is 879. The van der Waals surface area contributed by atoms with E-state index in [1.54, 1.807) is 0 Å². The lowest BCUT2D eigenvalue weighted by molar-refractivity contribution is -0.149. The minimum absolute atomic E-state index is 0.127. The summed E-state index contributed by atoms with van der Waals surface area (Å²) in [5.74, 6) is -5.66. The summed E-state index contributed by atoms with van der Waals surface area (Å²) >= 11 is 0. The van der Waals surface area contributed by atoms with E-state index in [1.807, 2.05) is 0 Å². The first-order chi connectivity index (χ1) is 18.1. The van der Waals surface area contributed by atoms with Crippen molar-refractivity contribution in [2.75, 3.05) is 26.2 Å². The summed E-state index contributed by atoms with van der Waals surface area (Å²) in [6.07, 6.45) is 2.33. The highest BCUT2D eigenvalue weighted by Gasteiger charge is 2.38. The number of rotatable bonds is 15. The highest BCUT2D eigenvalue weighted by atomic mass is 16.4. The minimum Gasteiger partial charge on any atom is -0.481 e. The molecule has 2 saturated heterocycles. The van der Waals surface area contributed by atoms with Gasteiger partial charge in [0.2, 0.25) is 23.6 Å². The number of aliphatic carboxylic acids is 2. The van der Waals surface area contributed by atoms with Crippen LogP contribution in [0, 0.1) is 0 Å². The van der Waals surface area contributed by atoms with Crippen LogP contribution in [0.15, 0.2) is 0 Å². The lowest BCUT2D eigenvalue weighted by Crippen LogP contribution is -2.59. The Balaban J connectivity index is 2.12. The molecule has 2 fully saturated rings. The number of aliphatic hydroxyl groups excluding tert-OH is 1. The molecule has 0 aromatic rings. The number of hydrogen-bond donors (Lipinski definition) is 8. The fourth-order valence-corrected chi connectivity index (χ4v) is 4.54. The topological polar surface area (TPSA) is 240 Å². The summed E-state index contributed by atoms with van der Waals surface area (Å²) in [7, 11) is 0. The molecule has 214 valence electrons. The number of hydrogen-bond acceptors (Lipinski definition) is 9. The smallest absolute Gasteiger partial charge is 0.326 e. The van der Waals surface area contributed by atoms with E-state index in [4.69, 9.17) is 5.73 Å². The van der Waals surface area contributed by atoms with Crippen molar-refractivity contribution in [1.82, 2.24) is 26.2 Å². The van der Waals surface area contributed by atoms with Crippen molar-refractivity contribution in [3.63, 3.8) is 0 Å². The van der Waals surface area contributed by atoms with Crippen LogP contribution in [-0.4, -0.2) is 112 Å². The van der Waals surface area contributed by atoms with Crippen LogP contribution < -0.4 is 27.0 Å². The Morgan fingerprint density at radius 3 is 2.18 bits per heavy atom. The van der Waals surface area contributed by atoms with E-state index in [0.717, 1.165) is 6.42 Å². The zero-order valence-electron chi connectivity index (χ0n) is 21.2. The molecule has 0 aromatic heterocycles. The number of carboxylic acids is 2. The quantitative estimate of drug-likeness (QED) is 0.0962. The van der Waals surface area contributed by atoms with E-state index >= 15 is 0 Å². The van der Waals surface area contributed by atoms with Crippen molar-refractivity contribution in [3.8, 4) is 0 Å². The van der Waals surface area contributed by atoms with Gasteiger partial charge in [-0.3, -0.25) is 24.0 Å². The first kappa shape index (κ1) is 30.9. The molecule has 0 saturated carbocycles. The third-order valence-electron chi connectivity index (χ3n) is 6.59. The van der Waals surface area contributed by atoms with Gasteiger partial charge in [-0.15, -0.1) is 0 Å². The van der Waals surface area contributed by atoms with Crippen LogP contribution in [0.4, 0.5) is 0 Å². The lowest BCUT2D eigenvalue weighted by Gasteiger charge is -2.29. The Morgan fingerprint density at radius 1 is 0.921 bits per heavy atom. The molecule has 0 aliphatic carbocycles. The van der Waals surface area contributed by atoms with Gasteiger partial charge in [-0.05, 0) is 58.0 Å². The molecule has 4 amide bonds. The molecular weight excluding hydrogens is 504 g/mol. The number of carboxylic acid groups (broad SMARTS) is 2. The SMILES string of the molecule is NCCCC[C@H](NC(=O)[C@H](CC(=O)O)NC(=O)[C@H](CO)NC(=O)[C@@H]1CCCN1)C(=O)N1CCC[C@H]1C(=O)O. The van der Waals surface area contributed by atoms with E-state index in [1.165, 1.54) is 4.90 Å². The van der Waals surface area contributed by atoms with E-state index in [2.05, 4.69) is 21.3 Å². The summed E-state index contributed by atoms with van der Waals surface area (Å²) in [5, 5.41) is 38.4. The van der Waals surface area contributed by atoms with Crippen molar-refractivity contribution < 1.29 is 44.1 Å². The third-order valence-corrected chi connectivity index (χ3v) is 6.59. The molecular formula is C23H38N6O9. The lowest BCUT2D eigenvalue weighted by atomic mass is 10.1. The molecule has 0 aromatic carbocycles. The van der Waals surface area contributed by atoms with Crippen LogP contribution >= 0.6 is 0 Å². The number of carbonyl (C=O) groups is 6. The molecule has 0 bridgehead atoms. The highest BCUT2D eigenvalue weighted by Crippen LogP contribution is 2.20. The fourth-order valence-electron chi connectivity index (χ4n) is 4.54. The standard InChI is InChI=1S/C23H38N6O9/c24-8-2-1-5-14(22(36)29-10-4-7-17(29)23(37)38)26-20(34)15(11-18(31)32)27-21(35)16(12-30)28-19(33)13-6-3-9-25-13/h13-17,25,30H,1-12,24H2,(H,26,34)(H,27,35)(H,28,33)(H,31,32)(H,37,38)/t13-,14-,15-,16-,17-/m0/s1. The zero-order valence-corrected chi connectivity index (χ0v) is 21.2. The Labute approximate surface area is 219 Å². The third kappa shape index (κ3) is 8.92. The van der Waals surface area contributed by atoms with E-state index in [0.29, 0.717) is 38.8 Å². The van der Waals surface area contributed by atoms with Gasteiger partial charge in [-0.2, -0.15) is 0 Å². The van der Waals surface area contributed by atoms with E-state index in [9.17, 15) is 44.1 Å². The molecule has 9 N–H and O–H groups in total. The predicted octanol–water partition coefficient (Wildman–Crippen LogP) is -3.14. The molecule has 15 heteroatoms. The summed E-state index contributed by atoms with van der Waals surface area (Å²) in [4.78, 5) is 75.5. The van der Waals surface area contributed by atoms with Crippen LogP contribution in [0.25, 0.3) is 0 Å². The number of likely N-dealkylation sites (tertiary alicyclic amines) is 1. The second kappa shape index (κ2) is 15.2. The average molecular weight is 543 g/mol. The summed E-state index contributed by atoms with van der Waals surface area (Å²) < 4.78 is 0. The average Bonchev–Trinajstić information content (AvgIpc) is 3.58. The maximum atomic E-state index is 13.2. The largest absolute Gasteiger partial charge is 0.481 e. The maximum Gasteiger partial charge on any atom is 0.326 e. The number of nitrogens with two attached hydrogens (primary N) is 1. The van der Waals surface area contributed by atoms with Gasteiger partial charge in [-0.25, -0.2) is 4.79 Å². The molecule has 5 atom stereocenters. The molecule has 0 radical (unpaired) electrons. The van der Waals surface area contributed by atoms with Crippen molar-refractivity contribution in [3.05, 3.63) is 0 Å². The van der Waals surface area contributed by atoms with Gasteiger partial charge in [0.25, 0.3) is 0 Å². The van der Waals surface area contributed by atoms with Crippen LogP contribution in [0.3, 0.4) is 0 Å². The van der Waals surface area contributed by atoms with Gasteiger partial charge < -0.3 is 47.2 Å². The van der Waals surface area contributed by atoms with Crippen LogP contribution in [0.2, 0.25) is 0 Å². The number of aliphatic hydroxyl groups is 1. The Morgan fingerprint density at radius 2 is 1.61 bits per heavy atom. The van der Waals surface area contributed by atoms with Gasteiger partial charge in [0.1, 0.15) is 24.2 Å². The van der Waals surface area contributed by atoms with Crippen molar-refractivity contribution >= 4 is 35.6 Å². The van der Waals surface area contributed by atoms with Crippen LogP contribution in [0.5, 0.6) is 0 Å². The summed E-state index contributed by atoms with van der Waals surface area (Å²) in [5.41, 5.74) is 5.52. The van der Waals surface area contributed by atoms with Gasteiger partial charge in [0.15, 0.2) is 0 Å². The molecule has 0 unspecified atom stereocenters. The van der Waals surface area contributed by atoms with Crippen LogP contribution in [-0.2, 0) is 28.8 Å². The van der Waals surface area contributed by atoms with E-state index < -0.39 is 78.8 Å². The number of carbonyl (C=O) groups excluding carboxylic acids is 4. The molecule has 2 heterocycles. The molecule has 15 nitrogen and oxygen atoms in total. The number of nitrogens with zero attached hydrogens (tertiary/aromatic N) is 1. The Hall–Kier alpha value is -3.30. The van der Waals surface area contributed by atoms with Gasteiger partial charge in [0.05, 0.1) is 19.1 Å².